The molecule has 0 unspecified atom stereocenters. The molecule has 1 aliphatic carbocycles. The van der Waals surface area contributed by atoms with Crippen molar-refractivity contribution in [3.05, 3.63) is 41.5 Å². The molecular formula is C13H15NO. The predicted octanol–water partition coefficient (Wildman–Crippen LogP) is 1.42. The van der Waals surface area contributed by atoms with E-state index in [1.165, 1.54) is 16.7 Å². The SMILES string of the molecule is O[C@H]1C[C@H]2CNCC2=C1c1ccccc1. The lowest BCUT2D eigenvalue weighted by Gasteiger charge is -2.10. The first-order valence-corrected chi connectivity index (χ1v) is 5.53. The molecule has 1 saturated heterocycles. The van der Waals surface area contributed by atoms with Crippen LogP contribution in [-0.4, -0.2) is 24.3 Å². The van der Waals surface area contributed by atoms with Crippen LogP contribution in [-0.2, 0) is 0 Å². The fourth-order valence-corrected chi connectivity index (χ4v) is 2.79. The number of aliphatic hydroxyl groups excluding tert-OH is 1. The Labute approximate surface area is 89.6 Å². The van der Waals surface area contributed by atoms with Crippen LogP contribution < -0.4 is 5.32 Å². The number of fused-ring (bicyclic) bond motifs is 1. The Balaban J connectivity index is 2.07. The van der Waals surface area contributed by atoms with E-state index in [4.69, 9.17) is 0 Å². The molecule has 1 aliphatic heterocycles. The van der Waals surface area contributed by atoms with Crippen molar-refractivity contribution in [2.24, 2.45) is 5.92 Å². The Kier molecular flexibility index (Phi) is 2.11. The molecule has 1 aromatic carbocycles. The molecule has 1 fully saturated rings. The molecule has 0 aromatic heterocycles. The lowest BCUT2D eigenvalue weighted by Crippen LogP contribution is -2.14. The van der Waals surface area contributed by atoms with E-state index in [-0.39, 0.29) is 6.10 Å². The predicted molar refractivity (Wildman–Crippen MR) is 60.3 cm³/mol. The van der Waals surface area contributed by atoms with Crippen LogP contribution in [0.4, 0.5) is 0 Å². The Morgan fingerprint density at radius 2 is 2.00 bits per heavy atom. The normalized spacial score (nSPS) is 29.7. The van der Waals surface area contributed by atoms with Crippen molar-refractivity contribution in [2.75, 3.05) is 13.1 Å². The van der Waals surface area contributed by atoms with Gasteiger partial charge in [-0.15, -0.1) is 0 Å². The maximum absolute atomic E-state index is 10.1. The van der Waals surface area contributed by atoms with Gasteiger partial charge >= 0.3 is 0 Å². The van der Waals surface area contributed by atoms with Crippen LogP contribution >= 0.6 is 0 Å². The molecule has 0 bridgehead atoms. The summed E-state index contributed by atoms with van der Waals surface area (Å²) in [6.45, 7) is 1.98. The van der Waals surface area contributed by atoms with Gasteiger partial charge in [0.05, 0.1) is 6.10 Å². The van der Waals surface area contributed by atoms with Crippen molar-refractivity contribution >= 4 is 5.57 Å². The minimum absolute atomic E-state index is 0.255. The standard InChI is InChI=1S/C13H15NO/c15-12-6-10-7-14-8-11(10)13(12)9-4-2-1-3-5-9/h1-5,10,12,14-15H,6-8H2/t10-,12-/m0/s1. The van der Waals surface area contributed by atoms with Gasteiger partial charge in [-0.1, -0.05) is 30.3 Å². The Morgan fingerprint density at radius 3 is 2.80 bits per heavy atom. The fraction of sp³-hybridized carbons (Fsp3) is 0.385. The molecular weight excluding hydrogens is 186 g/mol. The molecule has 2 heteroatoms. The van der Waals surface area contributed by atoms with Gasteiger partial charge < -0.3 is 10.4 Å². The third-order valence-corrected chi connectivity index (χ3v) is 3.47. The van der Waals surface area contributed by atoms with Crippen molar-refractivity contribution in [1.29, 1.82) is 0 Å². The summed E-state index contributed by atoms with van der Waals surface area (Å²) >= 11 is 0. The van der Waals surface area contributed by atoms with Gasteiger partial charge in [0.2, 0.25) is 0 Å². The molecule has 2 aliphatic rings. The highest BCUT2D eigenvalue weighted by atomic mass is 16.3. The first-order valence-electron chi connectivity index (χ1n) is 5.53. The third kappa shape index (κ3) is 1.41. The van der Waals surface area contributed by atoms with E-state index >= 15 is 0 Å². The number of rotatable bonds is 1. The monoisotopic (exact) mass is 201 g/mol. The molecule has 2 nitrogen and oxygen atoms in total. The largest absolute Gasteiger partial charge is 0.388 e. The number of aliphatic hydroxyl groups is 1. The second-order valence-corrected chi connectivity index (χ2v) is 4.38. The zero-order chi connectivity index (χ0) is 10.3. The van der Waals surface area contributed by atoms with E-state index < -0.39 is 0 Å². The maximum Gasteiger partial charge on any atom is 0.0802 e. The topological polar surface area (TPSA) is 32.3 Å². The summed E-state index contributed by atoms with van der Waals surface area (Å²) in [5.74, 6) is 0.565. The molecule has 78 valence electrons. The Bertz CT molecular complexity index is 396. The molecule has 1 aromatic rings. The lowest BCUT2D eigenvalue weighted by atomic mass is 10.00. The van der Waals surface area contributed by atoms with E-state index in [0.717, 1.165) is 19.5 Å². The number of nitrogens with one attached hydrogen (secondary N) is 1. The van der Waals surface area contributed by atoms with Crippen molar-refractivity contribution < 1.29 is 5.11 Å². The van der Waals surface area contributed by atoms with Crippen molar-refractivity contribution in [2.45, 2.75) is 12.5 Å². The second-order valence-electron chi connectivity index (χ2n) is 4.38. The summed E-state index contributed by atoms with van der Waals surface area (Å²) in [6, 6.07) is 10.3. The van der Waals surface area contributed by atoms with E-state index in [9.17, 15) is 5.11 Å². The van der Waals surface area contributed by atoms with Crippen LogP contribution in [0.15, 0.2) is 35.9 Å². The number of benzene rings is 1. The minimum Gasteiger partial charge on any atom is -0.388 e. The van der Waals surface area contributed by atoms with Gasteiger partial charge in [-0.25, -0.2) is 0 Å². The molecule has 2 atom stereocenters. The number of hydrogen-bond acceptors (Lipinski definition) is 2. The van der Waals surface area contributed by atoms with E-state index in [1.807, 2.05) is 18.2 Å². The van der Waals surface area contributed by atoms with Crippen molar-refractivity contribution in [3.63, 3.8) is 0 Å². The first-order chi connectivity index (χ1) is 7.36. The molecule has 0 saturated carbocycles. The van der Waals surface area contributed by atoms with Crippen LogP contribution in [0.5, 0.6) is 0 Å². The van der Waals surface area contributed by atoms with Gasteiger partial charge in [0, 0.05) is 13.1 Å². The van der Waals surface area contributed by atoms with Crippen LogP contribution in [0.25, 0.3) is 5.57 Å². The Morgan fingerprint density at radius 1 is 1.20 bits per heavy atom. The summed E-state index contributed by atoms with van der Waals surface area (Å²) in [5, 5.41) is 13.4. The second kappa shape index (κ2) is 3.47. The zero-order valence-corrected chi connectivity index (χ0v) is 8.61. The summed E-state index contributed by atoms with van der Waals surface area (Å²) in [7, 11) is 0. The van der Waals surface area contributed by atoms with Crippen LogP contribution in [0.1, 0.15) is 12.0 Å². The summed E-state index contributed by atoms with van der Waals surface area (Å²) in [6.07, 6.45) is 0.640. The quantitative estimate of drug-likeness (QED) is 0.720. The van der Waals surface area contributed by atoms with Crippen molar-refractivity contribution in [1.82, 2.24) is 5.32 Å². The highest BCUT2D eigenvalue weighted by Crippen LogP contribution is 2.39. The van der Waals surface area contributed by atoms with Gasteiger partial charge in [0.1, 0.15) is 0 Å². The molecule has 3 rings (SSSR count). The van der Waals surface area contributed by atoms with Gasteiger partial charge in [-0.2, -0.15) is 0 Å². The van der Waals surface area contributed by atoms with Gasteiger partial charge in [0.25, 0.3) is 0 Å². The van der Waals surface area contributed by atoms with E-state index in [2.05, 4.69) is 17.4 Å². The molecule has 1 heterocycles. The third-order valence-electron chi connectivity index (χ3n) is 3.47. The van der Waals surface area contributed by atoms with Crippen LogP contribution in [0.3, 0.4) is 0 Å². The van der Waals surface area contributed by atoms with Crippen LogP contribution in [0, 0.1) is 5.92 Å². The lowest BCUT2D eigenvalue weighted by molar-refractivity contribution is 0.218. The molecule has 0 amide bonds. The fourth-order valence-electron chi connectivity index (χ4n) is 2.79. The molecule has 0 radical (unpaired) electrons. The smallest absolute Gasteiger partial charge is 0.0802 e. The summed E-state index contributed by atoms with van der Waals surface area (Å²) in [4.78, 5) is 0. The summed E-state index contributed by atoms with van der Waals surface area (Å²) < 4.78 is 0. The highest BCUT2D eigenvalue weighted by molar-refractivity contribution is 5.75. The number of hydrogen-bond donors (Lipinski definition) is 2. The first kappa shape index (κ1) is 9.13. The summed E-state index contributed by atoms with van der Waals surface area (Å²) in [5.41, 5.74) is 3.78. The van der Waals surface area contributed by atoms with Crippen molar-refractivity contribution in [3.8, 4) is 0 Å². The highest BCUT2D eigenvalue weighted by Gasteiger charge is 2.35. The minimum atomic E-state index is -0.255. The molecule has 2 N–H and O–H groups in total. The molecule has 15 heavy (non-hydrogen) atoms. The zero-order valence-electron chi connectivity index (χ0n) is 8.61. The average molecular weight is 201 g/mol. The maximum atomic E-state index is 10.1. The van der Waals surface area contributed by atoms with Gasteiger partial charge in [0.15, 0.2) is 0 Å². The van der Waals surface area contributed by atoms with Gasteiger partial charge in [-0.05, 0) is 29.0 Å². The van der Waals surface area contributed by atoms with Gasteiger partial charge in [-0.3, -0.25) is 0 Å². The Hall–Kier alpha value is -1.12. The molecule has 0 spiro atoms. The van der Waals surface area contributed by atoms with Crippen LogP contribution in [0.2, 0.25) is 0 Å². The average Bonchev–Trinajstić information content (AvgIpc) is 2.78. The van der Waals surface area contributed by atoms with E-state index in [1.54, 1.807) is 0 Å². The van der Waals surface area contributed by atoms with E-state index in [0.29, 0.717) is 5.92 Å².